The third-order valence-corrected chi connectivity index (χ3v) is 6.83. The quantitative estimate of drug-likeness (QED) is 0.187. The standard InChI is InChI=1S/C21H36N6O3/c22-21(23)24-9-3-7-16(13-28)26-19(29)18-8-4-10-27(18)20(30)17-11-14-5-1-2-6-15(14)12-25-17/h13-18,25H,1-12H2,(H,26,29)(H4,22,23,24)/t14-,15+,16-,17+,18-/m0/s1. The second-order valence-electron chi connectivity index (χ2n) is 8.89. The topological polar surface area (TPSA) is 143 Å². The van der Waals surface area contributed by atoms with E-state index < -0.39 is 12.1 Å². The van der Waals surface area contributed by atoms with Crippen LogP contribution in [-0.4, -0.2) is 66.7 Å². The number of likely N-dealkylation sites (tertiary alicyclic amines) is 1. The molecule has 0 aromatic heterocycles. The molecule has 0 radical (unpaired) electrons. The fourth-order valence-electron chi connectivity index (χ4n) is 5.21. The number of nitrogens with zero attached hydrogens (tertiary/aromatic N) is 2. The Kier molecular flexibility index (Phi) is 8.07. The molecule has 2 aliphatic heterocycles. The molecule has 3 fully saturated rings. The number of rotatable bonds is 8. The van der Waals surface area contributed by atoms with Gasteiger partial charge < -0.3 is 31.8 Å². The molecule has 3 aliphatic rings. The second kappa shape index (κ2) is 10.7. The summed E-state index contributed by atoms with van der Waals surface area (Å²) in [5.74, 6) is 1.11. The van der Waals surface area contributed by atoms with Gasteiger partial charge in [0.15, 0.2) is 5.96 Å². The number of nitrogens with two attached hydrogens (primary N) is 2. The van der Waals surface area contributed by atoms with E-state index in [0.29, 0.717) is 44.2 Å². The van der Waals surface area contributed by atoms with Crippen LogP contribution in [0.3, 0.4) is 0 Å². The van der Waals surface area contributed by atoms with E-state index in [1.807, 2.05) is 0 Å². The molecule has 168 valence electrons. The highest BCUT2D eigenvalue weighted by molar-refractivity contribution is 5.91. The maximum atomic E-state index is 13.2. The van der Waals surface area contributed by atoms with Crippen LogP contribution in [-0.2, 0) is 14.4 Å². The number of carbonyl (C=O) groups is 3. The highest BCUT2D eigenvalue weighted by Crippen LogP contribution is 2.36. The van der Waals surface area contributed by atoms with E-state index in [-0.39, 0.29) is 23.8 Å². The van der Waals surface area contributed by atoms with Crippen LogP contribution in [0.1, 0.15) is 57.8 Å². The zero-order valence-electron chi connectivity index (χ0n) is 17.7. The molecule has 5 atom stereocenters. The Balaban J connectivity index is 1.52. The van der Waals surface area contributed by atoms with Gasteiger partial charge in [-0.3, -0.25) is 14.6 Å². The number of amides is 2. The van der Waals surface area contributed by atoms with E-state index in [2.05, 4.69) is 15.6 Å². The monoisotopic (exact) mass is 420 g/mol. The number of aldehydes is 1. The number of hydrogen-bond acceptors (Lipinski definition) is 5. The first-order valence-corrected chi connectivity index (χ1v) is 11.3. The molecule has 6 N–H and O–H groups in total. The van der Waals surface area contributed by atoms with Gasteiger partial charge in [-0.05, 0) is 56.9 Å². The average molecular weight is 421 g/mol. The average Bonchev–Trinajstić information content (AvgIpc) is 3.24. The first kappa shape index (κ1) is 22.5. The van der Waals surface area contributed by atoms with Crippen molar-refractivity contribution in [2.45, 2.75) is 75.9 Å². The summed E-state index contributed by atoms with van der Waals surface area (Å²) < 4.78 is 0. The molecule has 0 spiro atoms. The minimum atomic E-state index is -0.597. The number of hydrogen-bond donors (Lipinski definition) is 4. The van der Waals surface area contributed by atoms with Crippen LogP contribution in [0.5, 0.6) is 0 Å². The minimum Gasteiger partial charge on any atom is -0.370 e. The van der Waals surface area contributed by atoms with Crippen molar-refractivity contribution >= 4 is 24.1 Å². The minimum absolute atomic E-state index is 0.0117. The highest BCUT2D eigenvalue weighted by Gasteiger charge is 2.41. The summed E-state index contributed by atoms with van der Waals surface area (Å²) >= 11 is 0. The van der Waals surface area contributed by atoms with Crippen molar-refractivity contribution in [3.05, 3.63) is 0 Å². The van der Waals surface area contributed by atoms with Crippen LogP contribution in [0.4, 0.5) is 0 Å². The number of fused-ring (bicyclic) bond motifs is 1. The van der Waals surface area contributed by atoms with Gasteiger partial charge in [-0.1, -0.05) is 19.3 Å². The number of nitrogens with one attached hydrogen (secondary N) is 2. The summed E-state index contributed by atoms with van der Waals surface area (Å²) in [6.45, 7) is 1.90. The first-order chi connectivity index (χ1) is 14.5. The van der Waals surface area contributed by atoms with Crippen molar-refractivity contribution in [2.24, 2.45) is 28.3 Å². The van der Waals surface area contributed by atoms with Gasteiger partial charge in [0.2, 0.25) is 11.8 Å². The van der Waals surface area contributed by atoms with E-state index in [0.717, 1.165) is 25.7 Å². The summed E-state index contributed by atoms with van der Waals surface area (Å²) in [6.07, 6.45) is 9.10. The Bertz CT molecular complexity index is 651. The molecule has 1 saturated carbocycles. The van der Waals surface area contributed by atoms with Crippen molar-refractivity contribution in [2.75, 3.05) is 19.6 Å². The van der Waals surface area contributed by atoms with Crippen LogP contribution in [0.25, 0.3) is 0 Å². The SMILES string of the molecule is NC(N)=NCCC[C@@H](C=O)NC(=O)[C@@H]1CCCN1C(=O)[C@H]1C[C@@H]2CCCC[C@@H]2CN1. The van der Waals surface area contributed by atoms with E-state index in [9.17, 15) is 14.4 Å². The number of piperidine rings is 1. The molecule has 0 aromatic rings. The van der Waals surface area contributed by atoms with E-state index >= 15 is 0 Å². The molecule has 0 bridgehead atoms. The maximum Gasteiger partial charge on any atom is 0.243 e. The third-order valence-electron chi connectivity index (χ3n) is 6.83. The van der Waals surface area contributed by atoms with Gasteiger partial charge in [-0.25, -0.2) is 0 Å². The normalized spacial score (nSPS) is 29.5. The molecule has 0 aromatic carbocycles. The van der Waals surface area contributed by atoms with Gasteiger partial charge in [0, 0.05) is 13.1 Å². The Hall–Kier alpha value is -2.16. The molecular formula is C21H36N6O3. The molecule has 2 amide bonds. The number of guanidine groups is 1. The van der Waals surface area contributed by atoms with Crippen molar-refractivity contribution < 1.29 is 14.4 Å². The van der Waals surface area contributed by atoms with Gasteiger partial charge in [-0.15, -0.1) is 0 Å². The maximum absolute atomic E-state index is 13.2. The molecule has 30 heavy (non-hydrogen) atoms. The Morgan fingerprint density at radius 2 is 1.93 bits per heavy atom. The van der Waals surface area contributed by atoms with Gasteiger partial charge in [0.1, 0.15) is 12.3 Å². The molecule has 0 unspecified atom stereocenters. The Morgan fingerprint density at radius 3 is 2.67 bits per heavy atom. The van der Waals surface area contributed by atoms with Crippen molar-refractivity contribution in [1.82, 2.24) is 15.5 Å². The molecule has 3 rings (SSSR count). The van der Waals surface area contributed by atoms with Gasteiger partial charge >= 0.3 is 0 Å². The summed E-state index contributed by atoms with van der Waals surface area (Å²) in [5.41, 5.74) is 10.6. The van der Waals surface area contributed by atoms with Crippen molar-refractivity contribution in [3.63, 3.8) is 0 Å². The summed E-state index contributed by atoms with van der Waals surface area (Å²) in [6, 6.07) is -1.29. The lowest BCUT2D eigenvalue weighted by atomic mass is 9.73. The first-order valence-electron chi connectivity index (χ1n) is 11.3. The molecule has 2 heterocycles. The third kappa shape index (κ3) is 5.71. The van der Waals surface area contributed by atoms with Crippen LogP contribution >= 0.6 is 0 Å². The van der Waals surface area contributed by atoms with Gasteiger partial charge in [0.25, 0.3) is 0 Å². The van der Waals surface area contributed by atoms with Crippen LogP contribution in [0.15, 0.2) is 4.99 Å². The van der Waals surface area contributed by atoms with Crippen molar-refractivity contribution in [3.8, 4) is 0 Å². The molecule has 1 aliphatic carbocycles. The molecule has 9 heteroatoms. The second-order valence-corrected chi connectivity index (χ2v) is 8.89. The zero-order valence-corrected chi connectivity index (χ0v) is 17.7. The summed E-state index contributed by atoms with van der Waals surface area (Å²) in [7, 11) is 0. The lowest BCUT2D eigenvalue weighted by molar-refractivity contribution is -0.141. The largest absolute Gasteiger partial charge is 0.370 e. The van der Waals surface area contributed by atoms with Gasteiger partial charge in [0.05, 0.1) is 12.1 Å². The number of aliphatic imine (C=N–C) groups is 1. The molecular weight excluding hydrogens is 384 g/mol. The lowest BCUT2D eigenvalue weighted by Gasteiger charge is -2.41. The highest BCUT2D eigenvalue weighted by atomic mass is 16.2. The van der Waals surface area contributed by atoms with Crippen LogP contribution in [0, 0.1) is 11.8 Å². The van der Waals surface area contributed by atoms with Crippen LogP contribution in [0.2, 0.25) is 0 Å². The predicted molar refractivity (Wildman–Crippen MR) is 114 cm³/mol. The summed E-state index contributed by atoms with van der Waals surface area (Å²) in [5, 5.41) is 6.24. The smallest absolute Gasteiger partial charge is 0.243 e. The summed E-state index contributed by atoms with van der Waals surface area (Å²) in [4.78, 5) is 43.0. The van der Waals surface area contributed by atoms with Crippen LogP contribution < -0.4 is 22.1 Å². The van der Waals surface area contributed by atoms with E-state index in [1.54, 1.807) is 4.90 Å². The van der Waals surface area contributed by atoms with E-state index in [1.165, 1.54) is 25.7 Å². The number of carbonyl (C=O) groups excluding carboxylic acids is 3. The van der Waals surface area contributed by atoms with E-state index in [4.69, 9.17) is 11.5 Å². The Labute approximate surface area is 178 Å². The molecule has 2 saturated heterocycles. The fraction of sp³-hybridized carbons (Fsp3) is 0.810. The predicted octanol–water partition coefficient (Wildman–Crippen LogP) is -0.117. The van der Waals surface area contributed by atoms with Crippen molar-refractivity contribution in [1.29, 1.82) is 0 Å². The van der Waals surface area contributed by atoms with Gasteiger partial charge in [-0.2, -0.15) is 0 Å². The molecule has 9 nitrogen and oxygen atoms in total. The zero-order chi connectivity index (χ0) is 21.5. The Morgan fingerprint density at radius 1 is 1.17 bits per heavy atom. The fourth-order valence-corrected chi connectivity index (χ4v) is 5.21. The lowest BCUT2D eigenvalue weighted by Crippen LogP contribution is -2.57.